The number of amides is 2. The molecule has 6 atom stereocenters. The third-order valence-corrected chi connectivity index (χ3v) is 11.0. The summed E-state index contributed by atoms with van der Waals surface area (Å²) >= 11 is 1.26. The van der Waals surface area contributed by atoms with E-state index in [2.05, 4.69) is 4.72 Å². The summed E-state index contributed by atoms with van der Waals surface area (Å²) in [6.45, 7) is 2.89. The predicted octanol–water partition coefficient (Wildman–Crippen LogP) is 2.68. The summed E-state index contributed by atoms with van der Waals surface area (Å²) < 4.78 is 37.4. The molecule has 0 spiro atoms. The van der Waals surface area contributed by atoms with Gasteiger partial charge in [0.2, 0.25) is 15.9 Å². The molecule has 2 N–H and O–H groups in total. The van der Waals surface area contributed by atoms with Gasteiger partial charge in [-0.05, 0) is 48.7 Å². The van der Waals surface area contributed by atoms with Crippen molar-refractivity contribution in [1.29, 1.82) is 0 Å². The van der Waals surface area contributed by atoms with E-state index in [0.717, 1.165) is 6.26 Å². The number of thioether (sulfide) groups is 1. The first kappa shape index (κ1) is 36.7. The van der Waals surface area contributed by atoms with Crippen LogP contribution >= 0.6 is 11.8 Å². The van der Waals surface area contributed by atoms with Gasteiger partial charge in [-0.1, -0.05) is 6.92 Å². The van der Waals surface area contributed by atoms with Crippen molar-refractivity contribution in [3.8, 4) is 0 Å². The number of rotatable bonds is 13. The van der Waals surface area contributed by atoms with E-state index in [1.54, 1.807) is 0 Å². The van der Waals surface area contributed by atoms with Crippen molar-refractivity contribution in [2.45, 2.75) is 56.9 Å². The van der Waals surface area contributed by atoms with Gasteiger partial charge < -0.3 is 24.4 Å². The summed E-state index contributed by atoms with van der Waals surface area (Å²) in [5, 5.41) is 31.9. The minimum absolute atomic E-state index is 0.0151. The topological polar surface area (TPSA) is 229 Å². The van der Waals surface area contributed by atoms with Crippen molar-refractivity contribution >= 4 is 51.1 Å². The first-order valence-electron chi connectivity index (χ1n) is 15.5. The Morgan fingerprint density at radius 1 is 1.02 bits per heavy atom. The number of ether oxygens (including phenoxy) is 2. The number of non-ortho nitro benzene ring substituents is 2. The minimum Gasteiger partial charge on any atom is -0.456 e. The van der Waals surface area contributed by atoms with Crippen molar-refractivity contribution in [2.24, 2.45) is 11.8 Å². The highest BCUT2D eigenvalue weighted by molar-refractivity contribution is 8.03. The number of hydrogen-bond acceptors (Lipinski definition) is 13. The van der Waals surface area contributed by atoms with Crippen molar-refractivity contribution < 1.29 is 47.2 Å². The number of likely N-dealkylation sites (tertiary alicyclic amines) is 1. The van der Waals surface area contributed by atoms with Gasteiger partial charge in [-0.3, -0.25) is 25.0 Å². The lowest BCUT2D eigenvalue weighted by atomic mass is 9.79. The quantitative estimate of drug-likeness (QED) is 0.131. The third-order valence-electron chi connectivity index (χ3n) is 8.81. The van der Waals surface area contributed by atoms with E-state index in [0.29, 0.717) is 22.5 Å². The molecule has 3 aliphatic rings. The Labute approximate surface area is 290 Å². The van der Waals surface area contributed by atoms with Crippen molar-refractivity contribution in [1.82, 2.24) is 14.5 Å². The largest absolute Gasteiger partial charge is 0.456 e. The Kier molecular flexibility index (Phi) is 10.8. The molecular weight excluding hydrogens is 698 g/mol. The van der Waals surface area contributed by atoms with Crippen LogP contribution in [-0.4, -0.2) is 93.9 Å². The monoisotopic (exact) mass is 733 g/mol. The predicted molar refractivity (Wildman–Crippen MR) is 178 cm³/mol. The number of nitro groups is 2. The molecule has 2 aromatic carbocycles. The smallest absolute Gasteiger partial charge is 0.410 e. The number of nitrogens with one attached hydrogen (secondary N) is 1. The third kappa shape index (κ3) is 7.90. The van der Waals surface area contributed by atoms with Crippen LogP contribution in [-0.2, 0) is 42.3 Å². The van der Waals surface area contributed by atoms with Crippen LogP contribution in [0.15, 0.2) is 59.1 Å². The lowest BCUT2D eigenvalue weighted by Gasteiger charge is -2.46. The number of hydrogen-bond donors (Lipinski definition) is 2. The molecule has 3 aliphatic heterocycles. The van der Waals surface area contributed by atoms with Gasteiger partial charge in [0.1, 0.15) is 18.9 Å². The molecule has 268 valence electrons. The molecule has 2 fully saturated rings. The molecule has 2 amide bonds. The number of aliphatic hydroxyl groups is 1. The van der Waals surface area contributed by atoms with Gasteiger partial charge in [-0.25, -0.2) is 22.7 Å². The van der Waals surface area contributed by atoms with E-state index < -0.39 is 67.9 Å². The Morgan fingerprint density at radius 2 is 1.56 bits per heavy atom. The normalized spacial score (nSPS) is 23.7. The fourth-order valence-corrected chi connectivity index (χ4v) is 8.40. The zero-order chi connectivity index (χ0) is 36.5. The first-order valence-corrected chi connectivity index (χ1v) is 18.3. The number of benzene rings is 2. The lowest BCUT2D eigenvalue weighted by molar-refractivity contribution is -0.385. The van der Waals surface area contributed by atoms with Gasteiger partial charge in [0, 0.05) is 59.5 Å². The maximum Gasteiger partial charge on any atom is 0.410 e. The number of sulfonamides is 1. The summed E-state index contributed by atoms with van der Waals surface area (Å²) in [5.74, 6) is -2.38. The number of nitro benzene ring substituents is 2. The number of carbonyl (C=O) groups excluding carboxylic acids is 3. The summed E-state index contributed by atoms with van der Waals surface area (Å²) in [4.78, 5) is 64.2. The van der Waals surface area contributed by atoms with Crippen LogP contribution in [0.5, 0.6) is 0 Å². The molecule has 5 rings (SSSR count). The summed E-state index contributed by atoms with van der Waals surface area (Å²) in [6, 6.07) is 9.79. The maximum absolute atomic E-state index is 13.6. The first-order chi connectivity index (χ1) is 23.6. The minimum atomic E-state index is -3.62. The number of carbonyl (C=O) groups is 3. The Morgan fingerprint density at radius 3 is 2.06 bits per heavy atom. The second-order valence-corrected chi connectivity index (χ2v) is 15.5. The van der Waals surface area contributed by atoms with E-state index in [4.69, 9.17) is 9.47 Å². The van der Waals surface area contributed by atoms with Crippen LogP contribution in [0.4, 0.5) is 16.2 Å². The number of fused-ring (bicyclic) bond motifs is 1. The number of esters is 1. The summed E-state index contributed by atoms with van der Waals surface area (Å²) in [5.41, 5.74) is 0.751. The molecular formula is C31H35N5O12S2. The molecule has 0 radical (unpaired) electrons. The Bertz CT molecular complexity index is 1820. The maximum atomic E-state index is 13.6. The van der Waals surface area contributed by atoms with Gasteiger partial charge in [0.15, 0.2) is 0 Å². The summed E-state index contributed by atoms with van der Waals surface area (Å²) in [7, 11) is -3.62. The van der Waals surface area contributed by atoms with Gasteiger partial charge in [-0.2, -0.15) is 0 Å². The highest BCUT2D eigenvalue weighted by atomic mass is 32.2. The van der Waals surface area contributed by atoms with Crippen LogP contribution in [0, 0.1) is 32.1 Å². The Hall–Kier alpha value is -4.59. The second-order valence-electron chi connectivity index (χ2n) is 12.3. The fourth-order valence-electron chi connectivity index (χ4n) is 6.35. The van der Waals surface area contributed by atoms with Crippen molar-refractivity contribution in [2.75, 3.05) is 19.3 Å². The van der Waals surface area contributed by atoms with Crippen molar-refractivity contribution in [3.05, 3.63) is 90.5 Å². The average molecular weight is 734 g/mol. The number of aliphatic hydroxyl groups excluding tert-OH is 1. The highest BCUT2D eigenvalue weighted by Crippen LogP contribution is 2.52. The van der Waals surface area contributed by atoms with Crippen molar-refractivity contribution in [3.63, 3.8) is 0 Å². The van der Waals surface area contributed by atoms with Crippen LogP contribution in [0.25, 0.3) is 0 Å². The molecule has 2 saturated heterocycles. The van der Waals surface area contributed by atoms with E-state index in [1.165, 1.54) is 77.0 Å². The molecule has 0 aromatic heterocycles. The number of nitrogens with zero attached hydrogens (tertiary/aromatic N) is 4. The van der Waals surface area contributed by atoms with Gasteiger partial charge >= 0.3 is 12.1 Å². The van der Waals surface area contributed by atoms with Crippen LogP contribution in [0.1, 0.15) is 31.4 Å². The molecule has 0 aliphatic carbocycles. The molecule has 50 heavy (non-hydrogen) atoms. The van der Waals surface area contributed by atoms with Crippen LogP contribution in [0.2, 0.25) is 0 Å². The molecule has 19 heteroatoms. The lowest BCUT2D eigenvalue weighted by Crippen LogP contribution is -2.63. The number of β-lactam (4-membered cyclic amide) rings is 1. The molecule has 17 nitrogen and oxygen atoms in total. The fraction of sp³-hybridized carbons (Fsp3) is 0.452. The average Bonchev–Trinajstić information content (AvgIpc) is 3.57. The second kappa shape index (κ2) is 14.7. The van der Waals surface area contributed by atoms with E-state index in [1.807, 2.05) is 6.92 Å². The van der Waals surface area contributed by atoms with E-state index >= 15 is 0 Å². The summed E-state index contributed by atoms with van der Waals surface area (Å²) in [6.07, 6.45) is -0.437. The molecule has 3 heterocycles. The van der Waals surface area contributed by atoms with Gasteiger partial charge in [0.05, 0.1) is 34.2 Å². The zero-order valence-electron chi connectivity index (χ0n) is 27.2. The molecule has 0 saturated carbocycles. The van der Waals surface area contributed by atoms with Crippen LogP contribution in [0.3, 0.4) is 0 Å². The standard InChI is InChI=1S/C31H35N5O12S2/c1-17-26-25(18(2)37)29(38)34(26)27(30(39)47-15-19-4-8-21(9-5-19)35(41)42)28(17)49-24-12-23(13-32-50(3,45)46)33(14-24)31(40)48-16-20-6-10-22(11-7-20)36(43)44/h4-11,17-18,23-26,32,37H,12-16H2,1-3H3/t17-,18-,23+,24+,25-,26-/m1/s1. The SMILES string of the molecule is C[C@@H](O)[C@H]1C(=O)N2C(C(=O)OCc3ccc([N+](=O)[O-])cc3)=C(S[C@H]3C[C@@H](CNS(C)(=O)=O)N(C(=O)OCc4ccc([N+](=O)[O-])cc4)C3)[C@H](C)[C@H]12. The molecule has 0 unspecified atom stereocenters. The van der Waals surface area contributed by atoms with E-state index in [-0.39, 0.29) is 48.6 Å². The van der Waals surface area contributed by atoms with Gasteiger partial charge in [0.25, 0.3) is 11.4 Å². The van der Waals surface area contributed by atoms with Crippen LogP contribution < -0.4 is 4.72 Å². The zero-order valence-corrected chi connectivity index (χ0v) is 28.8. The molecule has 0 bridgehead atoms. The Balaban J connectivity index is 1.35. The van der Waals surface area contributed by atoms with Gasteiger partial charge in [-0.15, -0.1) is 11.8 Å². The highest BCUT2D eigenvalue weighted by Gasteiger charge is 2.60. The molecule has 2 aromatic rings. The van der Waals surface area contributed by atoms with E-state index in [9.17, 15) is 48.1 Å².